The van der Waals surface area contributed by atoms with E-state index in [9.17, 15) is 9.59 Å². The molecular weight excluding hydrogens is 262 g/mol. The third-order valence-electron chi connectivity index (χ3n) is 2.49. The highest BCUT2D eigenvalue weighted by Crippen LogP contribution is 2.08. The lowest BCUT2D eigenvalue weighted by molar-refractivity contribution is 0.0696. The molecule has 1 amide bonds. The van der Waals surface area contributed by atoms with Gasteiger partial charge in [0.1, 0.15) is 12.3 Å². The minimum absolute atomic E-state index is 0.138. The average molecular weight is 275 g/mol. The van der Waals surface area contributed by atoms with E-state index in [-0.39, 0.29) is 18.7 Å². The number of hydrogen-bond donors (Lipinski definition) is 2. The number of aromatic nitrogens is 2. The van der Waals surface area contributed by atoms with Crippen molar-refractivity contribution in [2.24, 2.45) is 0 Å². The molecule has 0 radical (unpaired) electrons. The molecular formula is C13H13N3O4. The van der Waals surface area contributed by atoms with Crippen LogP contribution in [-0.4, -0.2) is 33.2 Å². The van der Waals surface area contributed by atoms with Gasteiger partial charge in [0.25, 0.3) is 0 Å². The number of nitrogens with one attached hydrogen (secondary N) is 1. The van der Waals surface area contributed by atoms with Gasteiger partial charge in [-0.1, -0.05) is 12.7 Å². The molecule has 7 nitrogen and oxygen atoms in total. The zero-order valence-electron chi connectivity index (χ0n) is 10.6. The number of amides is 1. The molecule has 0 atom stereocenters. The summed E-state index contributed by atoms with van der Waals surface area (Å²) in [6.45, 7) is 3.77. The largest absolute Gasteiger partial charge is 0.478 e. The van der Waals surface area contributed by atoms with Crippen LogP contribution >= 0.6 is 0 Å². The van der Waals surface area contributed by atoms with E-state index in [1.165, 1.54) is 18.3 Å². The SMILES string of the molecule is C=CCOC(=O)NCc1cn2cc(C(=O)O)ccc2n1. The van der Waals surface area contributed by atoms with Crippen molar-refractivity contribution in [2.45, 2.75) is 6.54 Å². The quantitative estimate of drug-likeness (QED) is 0.805. The molecule has 2 aromatic heterocycles. The van der Waals surface area contributed by atoms with Crippen LogP contribution in [0.3, 0.4) is 0 Å². The minimum atomic E-state index is -1.01. The molecule has 0 aliphatic rings. The summed E-state index contributed by atoms with van der Waals surface area (Å²) in [5, 5.41) is 11.4. The van der Waals surface area contributed by atoms with E-state index in [0.717, 1.165) is 0 Å². The molecule has 2 aromatic rings. The lowest BCUT2D eigenvalue weighted by atomic mass is 10.3. The van der Waals surface area contributed by atoms with Gasteiger partial charge in [-0.25, -0.2) is 14.6 Å². The summed E-state index contributed by atoms with van der Waals surface area (Å²) in [5.74, 6) is -1.01. The highest BCUT2D eigenvalue weighted by atomic mass is 16.5. The Kier molecular flexibility index (Phi) is 3.99. The average Bonchev–Trinajstić information content (AvgIpc) is 2.84. The summed E-state index contributed by atoms with van der Waals surface area (Å²) in [7, 11) is 0. The van der Waals surface area contributed by atoms with Crippen LogP contribution in [0.2, 0.25) is 0 Å². The summed E-state index contributed by atoms with van der Waals surface area (Å²) >= 11 is 0. The number of carbonyl (C=O) groups excluding carboxylic acids is 1. The first kappa shape index (κ1) is 13.6. The van der Waals surface area contributed by atoms with Gasteiger partial charge in [0.2, 0.25) is 0 Å². The smallest absolute Gasteiger partial charge is 0.407 e. The number of carbonyl (C=O) groups is 2. The molecule has 104 valence electrons. The highest BCUT2D eigenvalue weighted by molar-refractivity contribution is 5.87. The fourth-order valence-electron chi connectivity index (χ4n) is 1.60. The molecule has 2 heterocycles. The summed E-state index contributed by atoms with van der Waals surface area (Å²) in [5.41, 5.74) is 1.37. The normalized spacial score (nSPS) is 10.2. The Labute approximate surface area is 114 Å². The number of aromatic carboxylic acids is 1. The van der Waals surface area contributed by atoms with Gasteiger partial charge in [-0.05, 0) is 12.1 Å². The van der Waals surface area contributed by atoms with E-state index < -0.39 is 12.1 Å². The first-order chi connectivity index (χ1) is 9.60. The van der Waals surface area contributed by atoms with E-state index in [2.05, 4.69) is 16.9 Å². The van der Waals surface area contributed by atoms with E-state index in [1.807, 2.05) is 0 Å². The van der Waals surface area contributed by atoms with Crippen LogP contribution < -0.4 is 5.32 Å². The standard InChI is InChI=1S/C13H13N3O4/c1-2-5-20-13(19)14-6-10-8-16-7-9(12(17)18)3-4-11(16)15-10/h2-4,7-8H,1,5-6H2,(H,14,19)(H,17,18). The second-order valence-corrected chi connectivity index (χ2v) is 3.96. The van der Waals surface area contributed by atoms with Crippen LogP contribution in [0.4, 0.5) is 4.79 Å². The van der Waals surface area contributed by atoms with Crippen molar-refractivity contribution in [3.63, 3.8) is 0 Å². The third-order valence-corrected chi connectivity index (χ3v) is 2.49. The molecule has 2 rings (SSSR count). The Morgan fingerprint density at radius 2 is 2.25 bits per heavy atom. The number of pyridine rings is 1. The number of carboxylic acid groups (broad SMARTS) is 1. The van der Waals surface area contributed by atoms with Crippen molar-refractivity contribution in [2.75, 3.05) is 6.61 Å². The monoisotopic (exact) mass is 275 g/mol. The Morgan fingerprint density at radius 1 is 1.45 bits per heavy atom. The zero-order valence-corrected chi connectivity index (χ0v) is 10.6. The number of nitrogens with zero attached hydrogens (tertiary/aromatic N) is 2. The van der Waals surface area contributed by atoms with Crippen molar-refractivity contribution in [3.05, 3.63) is 48.4 Å². The maximum absolute atomic E-state index is 11.2. The number of hydrogen-bond acceptors (Lipinski definition) is 4. The molecule has 0 aliphatic carbocycles. The highest BCUT2D eigenvalue weighted by Gasteiger charge is 2.07. The van der Waals surface area contributed by atoms with Crippen LogP contribution in [0, 0.1) is 0 Å². The lowest BCUT2D eigenvalue weighted by Crippen LogP contribution is -2.23. The Bertz CT molecular complexity index is 663. The lowest BCUT2D eigenvalue weighted by Gasteiger charge is -2.02. The molecule has 2 N–H and O–H groups in total. The fourth-order valence-corrected chi connectivity index (χ4v) is 1.60. The molecule has 0 spiro atoms. The summed E-state index contributed by atoms with van der Waals surface area (Å²) in [4.78, 5) is 26.3. The third kappa shape index (κ3) is 3.14. The molecule has 0 aromatic carbocycles. The first-order valence-corrected chi connectivity index (χ1v) is 5.82. The van der Waals surface area contributed by atoms with Crippen molar-refractivity contribution in [1.29, 1.82) is 0 Å². The summed E-state index contributed by atoms with van der Waals surface area (Å²) in [6.07, 6.45) is 4.02. The van der Waals surface area contributed by atoms with Crippen LogP contribution in [0.1, 0.15) is 16.1 Å². The van der Waals surface area contributed by atoms with Crippen LogP contribution in [0.15, 0.2) is 37.2 Å². The van der Waals surface area contributed by atoms with Crippen molar-refractivity contribution < 1.29 is 19.4 Å². The molecule has 0 saturated heterocycles. The number of carboxylic acids is 1. The van der Waals surface area contributed by atoms with Gasteiger partial charge in [-0.3, -0.25) is 0 Å². The zero-order chi connectivity index (χ0) is 14.5. The van der Waals surface area contributed by atoms with Crippen molar-refractivity contribution in [1.82, 2.24) is 14.7 Å². The van der Waals surface area contributed by atoms with Crippen LogP contribution in [-0.2, 0) is 11.3 Å². The van der Waals surface area contributed by atoms with E-state index >= 15 is 0 Å². The topological polar surface area (TPSA) is 92.9 Å². The number of alkyl carbamates (subject to hydrolysis) is 1. The molecule has 20 heavy (non-hydrogen) atoms. The van der Waals surface area contributed by atoms with Gasteiger partial charge >= 0.3 is 12.1 Å². The van der Waals surface area contributed by atoms with Gasteiger partial charge in [-0.15, -0.1) is 0 Å². The van der Waals surface area contributed by atoms with Gasteiger partial charge < -0.3 is 19.6 Å². The second-order valence-electron chi connectivity index (χ2n) is 3.96. The Balaban J connectivity index is 2.06. The molecule has 0 unspecified atom stereocenters. The van der Waals surface area contributed by atoms with E-state index in [1.54, 1.807) is 16.7 Å². The number of ether oxygens (including phenoxy) is 1. The van der Waals surface area contributed by atoms with E-state index in [4.69, 9.17) is 9.84 Å². The Morgan fingerprint density at radius 3 is 2.95 bits per heavy atom. The van der Waals surface area contributed by atoms with Gasteiger partial charge in [0.15, 0.2) is 0 Å². The molecule has 0 aliphatic heterocycles. The van der Waals surface area contributed by atoms with Crippen molar-refractivity contribution in [3.8, 4) is 0 Å². The molecule has 0 fully saturated rings. The van der Waals surface area contributed by atoms with Gasteiger partial charge in [0, 0.05) is 12.4 Å². The first-order valence-electron chi connectivity index (χ1n) is 5.82. The predicted octanol–water partition coefficient (Wildman–Crippen LogP) is 1.44. The fraction of sp³-hybridized carbons (Fsp3) is 0.154. The number of fused-ring (bicyclic) bond motifs is 1. The molecule has 0 saturated carbocycles. The molecule has 7 heteroatoms. The second kappa shape index (κ2) is 5.87. The summed E-state index contributed by atoms with van der Waals surface area (Å²) in [6, 6.07) is 3.07. The van der Waals surface area contributed by atoms with Crippen molar-refractivity contribution >= 4 is 17.7 Å². The molecule has 0 bridgehead atoms. The van der Waals surface area contributed by atoms with E-state index in [0.29, 0.717) is 11.3 Å². The minimum Gasteiger partial charge on any atom is -0.478 e. The van der Waals surface area contributed by atoms with Gasteiger partial charge in [-0.2, -0.15) is 0 Å². The predicted molar refractivity (Wildman–Crippen MR) is 70.5 cm³/mol. The Hall–Kier alpha value is -2.83. The maximum Gasteiger partial charge on any atom is 0.407 e. The maximum atomic E-state index is 11.2. The summed E-state index contributed by atoms with van der Waals surface area (Å²) < 4.78 is 6.35. The number of rotatable bonds is 5. The number of imidazole rings is 1. The van der Waals surface area contributed by atoms with Crippen LogP contribution in [0.25, 0.3) is 5.65 Å². The van der Waals surface area contributed by atoms with Gasteiger partial charge in [0.05, 0.1) is 17.8 Å². The van der Waals surface area contributed by atoms with Crippen LogP contribution in [0.5, 0.6) is 0 Å².